The van der Waals surface area contributed by atoms with E-state index in [-0.39, 0.29) is 0 Å². The van der Waals surface area contributed by atoms with Crippen LogP contribution in [-0.4, -0.2) is 12.6 Å². The molecule has 1 rings (SSSR count). The van der Waals surface area contributed by atoms with Gasteiger partial charge >= 0.3 is 5.97 Å². The van der Waals surface area contributed by atoms with Crippen molar-refractivity contribution in [2.24, 2.45) is 0 Å². The van der Waals surface area contributed by atoms with Gasteiger partial charge in [0.15, 0.2) is 0 Å². The van der Waals surface area contributed by atoms with Gasteiger partial charge in [0, 0.05) is 0 Å². The van der Waals surface area contributed by atoms with E-state index in [4.69, 9.17) is 11.3 Å². The van der Waals surface area contributed by atoms with Crippen LogP contribution in [0.25, 0.3) is 4.85 Å². The Morgan fingerprint density at radius 2 is 2.46 bits per heavy atom. The minimum Gasteiger partial charge on any atom is -0.463 e. The summed E-state index contributed by atoms with van der Waals surface area (Å²) in [6.07, 6.45) is 0. The molecule has 1 heterocycles. The van der Waals surface area contributed by atoms with E-state index in [0.717, 1.165) is 5.56 Å². The first kappa shape index (κ1) is 9.75. The Kier molecular flexibility index (Phi) is 3.04. The maximum atomic E-state index is 11.3. The van der Waals surface area contributed by atoms with Crippen molar-refractivity contribution in [3.8, 4) is 0 Å². The molecule has 3 nitrogen and oxygen atoms in total. The number of carbonyl (C=O) groups is 1. The van der Waals surface area contributed by atoms with Crippen molar-refractivity contribution in [1.29, 1.82) is 0 Å². The Balaban J connectivity index is 3.05. The quantitative estimate of drug-likeness (QED) is 0.536. The molecule has 0 spiro atoms. The third kappa shape index (κ3) is 1.87. The maximum Gasteiger partial charge on any atom is 0.328 e. The van der Waals surface area contributed by atoms with Crippen molar-refractivity contribution in [3.05, 3.63) is 27.9 Å². The van der Waals surface area contributed by atoms with Crippen LogP contribution >= 0.6 is 11.3 Å². The van der Waals surface area contributed by atoms with Gasteiger partial charge in [-0.25, -0.2) is 9.64 Å². The lowest BCUT2D eigenvalue weighted by Crippen LogP contribution is -2.04. The molecule has 0 amide bonds. The predicted molar refractivity (Wildman–Crippen MR) is 51.3 cm³/mol. The van der Waals surface area contributed by atoms with E-state index in [2.05, 4.69) is 4.85 Å². The fourth-order valence-electron chi connectivity index (χ4n) is 0.965. The molecule has 0 radical (unpaired) electrons. The predicted octanol–water partition coefficient (Wildman–Crippen LogP) is 2.78. The zero-order valence-corrected chi connectivity index (χ0v) is 8.27. The highest BCUT2D eigenvalue weighted by molar-refractivity contribution is 7.14. The van der Waals surface area contributed by atoms with E-state index < -0.39 is 5.97 Å². The lowest BCUT2D eigenvalue weighted by atomic mass is 10.2. The minimum absolute atomic E-state index is 0.339. The summed E-state index contributed by atoms with van der Waals surface area (Å²) in [7, 11) is 0. The van der Waals surface area contributed by atoms with Crippen molar-refractivity contribution >= 4 is 22.3 Å². The van der Waals surface area contributed by atoms with Gasteiger partial charge in [0.05, 0.1) is 18.7 Å². The van der Waals surface area contributed by atoms with Crippen LogP contribution in [0, 0.1) is 13.5 Å². The number of rotatable bonds is 2. The molecular formula is C9H9NO2S. The largest absolute Gasteiger partial charge is 0.463 e. The standard InChI is InChI=1S/C9H9NO2S/c1-4-12-9(11)7-6(2)5-13-8(7)10-3/h5H,4H2,1-2H3. The highest BCUT2D eigenvalue weighted by atomic mass is 32.1. The monoisotopic (exact) mass is 195 g/mol. The third-order valence-electron chi connectivity index (χ3n) is 1.54. The Hall–Kier alpha value is -1.34. The first-order valence-electron chi connectivity index (χ1n) is 3.83. The van der Waals surface area contributed by atoms with E-state index in [1.165, 1.54) is 11.3 Å². The van der Waals surface area contributed by atoms with Gasteiger partial charge in [0.2, 0.25) is 0 Å². The van der Waals surface area contributed by atoms with E-state index in [9.17, 15) is 4.79 Å². The number of nitrogens with zero attached hydrogens (tertiary/aromatic N) is 1. The maximum absolute atomic E-state index is 11.3. The Labute approximate surface area is 80.8 Å². The zero-order chi connectivity index (χ0) is 9.84. The summed E-state index contributed by atoms with van der Waals surface area (Å²) < 4.78 is 4.83. The fraction of sp³-hybridized carbons (Fsp3) is 0.333. The van der Waals surface area contributed by atoms with Gasteiger partial charge < -0.3 is 4.74 Å². The number of aryl methyl sites for hydroxylation is 1. The van der Waals surface area contributed by atoms with E-state index >= 15 is 0 Å². The van der Waals surface area contributed by atoms with Gasteiger partial charge in [-0.3, -0.25) is 0 Å². The van der Waals surface area contributed by atoms with Crippen molar-refractivity contribution in [3.63, 3.8) is 0 Å². The SMILES string of the molecule is [C-]#[N+]c1scc(C)c1C(=O)OCC. The fourth-order valence-corrected chi connectivity index (χ4v) is 1.79. The molecule has 13 heavy (non-hydrogen) atoms. The van der Waals surface area contributed by atoms with E-state index in [0.29, 0.717) is 17.2 Å². The summed E-state index contributed by atoms with van der Waals surface area (Å²) in [5.74, 6) is -0.396. The third-order valence-corrected chi connectivity index (χ3v) is 2.53. The van der Waals surface area contributed by atoms with Crippen LogP contribution in [0.1, 0.15) is 22.8 Å². The first-order chi connectivity index (χ1) is 6.20. The second-order valence-electron chi connectivity index (χ2n) is 2.43. The molecule has 0 fully saturated rings. The normalized spacial score (nSPS) is 9.31. The number of esters is 1. The number of carbonyl (C=O) groups excluding carboxylic acids is 1. The summed E-state index contributed by atoms with van der Waals surface area (Å²) in [4.78, 5) is 14.6. The van der Waals surface area contributed by atoms with Gasteiger partial charge in [0.1, 0.15) is 0 Å². The summed E-state index contributed by atoms with van der Waals surface area (Å²) in [5.41, 5.74) is 1.23. The number of hydrogen-bond acceptors (Lipinski definition) is 3. The van der Waals surface area contributed by atoms with Gasteiger partial charge in [0.25, 0.3) is 5.00 Å². The molecule has 0 bridgehead atoms. The van der Waals surface area contributed by atoms with Crippen molar-refractivity contribution < 1.29 is 9.53 Å². The number of thiophene rings is 1. The molecule has 0 saturated carbocycles. The van der Waals surface area contributed by atoms with Crippen LogP contribution in [0.5, 0.6) is 0 Å². The molecule has 0 atom stereocenters. The lowest BCUT2D eigenvalue weighted by molar-refractivity contribution is 0.0527. The Bertz CT molecular complexity index is 362. The average Bonchev–Trinajstić information content (AvgIpc) is 2.47. The molecule has 1 aromatic rings. The van der Waals surface area contributed by atoms with E-state index in [1.807, 2.05) is 0 Å². The highest BCUT2D eigenvalue weighted by Gasteiger charge is 2.17. The molecule has 68 valence electrons. The second-order valence-corrected chi connectivity index (χ2v) is 3.29. The van der Waals surface area contributed by atoms with Crippen molar-refractivity contribution in [1.82, 2.24) is 0 Å². The Morgan fingerprint density at radius 1 is 1.77 bits per heavy atom. The smallest absolute Gasteiger partial charge is 0.328 e. The first-order valence-corrected chi connectivity index (χ1v) is 4.71. The molecule has 0 N–H and O–H groups in total. The molecule has 4 heteroatoms. The van der Waals surface area contributed by atoms with Gasteiger partial charge in [-0.15, -0.1) is 0 Å². The van der Waals surface area contributed by atoms with Crippen LogP contribution in [0.15, 0.2) is 5.38 Å². The number of ether oxygens (including phenoxy) is 1. The van der Waals surface area contributed by atoms with Crippen LogP contribution in [-0.2, 0) is 4.74 Å². The molecule has 0 unspecified atom stereocenters. The van der Waals surface area contributed by atoms with Crippen LogP contribution in [0.3, 0.4) is 0 Å². The van der Waals surface area contributed by atoms with E-state index in [1.54, 1.807) is 19.2 Å². The van der Waals surface area contributed by atoms with Crippen LogP contribution in [0.4, 0.5) is 5.00 Å². The topological polar surface area (TPSA) is 30.7 Å². The van der Waals surface area contributed by atoms with Crippen LogP contribution < -0.4 is 0 Å². The highest BCUT2D eigenvalue weighted by Crippen LogP contribution is 2.30. The minimum atomic E-state index is -0.396. The van der Waals surface area contributed by atoms with Crippen LogP contribution in [0.2, 0.25) is 0 Å². The van der Waals surface area contributed by atoms with Gasteiger partial charge in [-0.05, 0) is 24.8 Å². The van der Waals surface area contributed by atoms with Crippen molar-refractivity contribution in [2.45, 2.75) is 13.8 Å². The molecule has 0 aromatic carbocycles. The molecule has 0 aliphatic heterocycles. The van der Waals surface area contributed by atoms with Gasteiger partial charge in [-0.2, -0.15) is 11.3 Å². The molecule has 0 aliphatic carbocycles. The summed E-state index contributed by atoms with van der Waals surface area (Å²) >= 11 is 1.28. The summed E-state index contributed by atoms with van der Waals surface area (Å²) in [6, 6.07) is 0. The van der Waals surface area contributed by atoms with Crippen molar-refractivity contribution in [2.75, 3.05) is 6.61 Å². The second kappa shape index (κ2) is 4.06. The average molecular weight is 195 g/mol. The molecule has 0 saturated heterocycles. The molecular weight excluding hydrogens is 186 g/mol. The zero-order valence-electron chi connectivity index (χ0n) is 7.46. The Morgan fingerprint density at radius 3 is 3.00 bits per heavy atom. The molecule has 0 aliphatic rings. The molecule has 1 aromatic heterocycles. The summed E-state index contributed by atoms with van der Waals surface area (Å²) in [5, 5.41) is 2.20. The lowest BCUT2D eigenvalue weighted by Gasteiger charge is -2.00. The number of hydrogen-bond donors (Lipinski definition) is 0. The summed E-state index contributed by atoms with van der Waals surface area (Å²) in [6.45, 7) is 10.7. The van der Waals surface area contributed by atoms with Gasteiger partial charge in [-0.1, -0.05) is 0 Å².